The van der Waals surface area contributed by atoms with E-state index in [1.54, 1.807) is 11.1 Å². The van der Waals surface area contributed by atoms with Gasteiger partial charge in [0.2, 0.25) is 0 Å². The zero-order valence-electron chi connectivity index (χ0n) is 20.0. The molecule has 1 aromatic rings. The van der Waals surface area contributed by atoms with Gasteiger partial charge in [-0.05, 0) is 54.9 Å². The molecule has 0 N–H and O–H groups in total. The van der Waals surface area contributed by atoms with Gasteiger partial charge in [0.05, 0.1) is 0 Å². The van der Waals surface area contributed by atoms with E-state index < -0.39 is 0 Å². The van der Waals surface area contributed by atoms with Crippen LogP contribution in [0.15, 0.2) is 12.1 Å². The van der Waals surface area contributed by atoms with Crippen LogP contribution < -0.4 is 0 Å². The van der Waals surface area contributed by atoms with Crippen LogP contribution in [0.4, 0.5) is 0 Å². The quantitative estimate of drug-likeness (QED) is 0.435. The molecule has 27 heavy (non-hydrogen) atoms. The van der Waals surface area contributed by atoms with Crippen molar-refractivity contribution in [1.82, 2.24) is 4.90 Å². The van der Waals surface area contributed by atoms with E-state index in [0.717, 1.165) is 5.92 Å². The van der Waals surface area contributed by atoms with Crippen molar-refractivity contribution in [2.24, 2.45) is 5.92 Å². The van der Waals surface area contributed by atoms with Crippen molar-refractivity contribution in [3.05, 3.63) is 34.4 Å². The third kappa shape index (κ3) is 10.9. The molecule has 1 aliphatic rings. The van der Waals surface area contributed by atoms with E-state index in [1.807, 2.05) is 0 Å². The van der Waals surface area contributed by atoms with Crippen LogP contribution in [0, 0.1) is 19.8 Å². The molecule has 0 aromatic heterocycles. The van der Waals surface area contributed by atoms with E-state index in [-0.39, 0.29) is 0 Å². The Morgan fingerprint density at radius 2 is 1.41 bits per heavy atom. The molecule has 2 rings (SSSR count). The van der Waals surface area contributed by atoms with Gasteiger partial charge < -0.3 is 0 Å². The lowest BCUT2D eigenvalue weighted by atomic mass is 9.92. The molecule has 1 aliphatic heterocycles. The molecular formula is C26H49N. The van der Waals surface area contributed by atoms with E-state index in [9.17, 15) is 0 Å². The van der Waals surface area contributed by atoms with Crippen molar-refractivity contribution in [3.8, 4) is 0 Å². The van der Waals surface area contributed by atoms with E-state index in [0.29, 0.717) is 0 Å². The molecule has 0 amide bonds. The number of nitrogens with zero attached hydrogens (tertiary/aromatic N) is 1. The minimum absolute atomic E-state index is 0.893. The van der Waals surface area contributed by atoms with Crippen molar-refractivity contribution in [1.29, 1.82) is 0 Å². The fourth-order valence-corrected chi connectivity index (χ4v) is 3.54. The molecule has 1 unspecified atom stereocenters. The fraction of sp³-hybridized carbons (Fsp3) is 0.769. The molecule has 1 nitrogen and oxygen atoms in total. The highest BCUT2D eigenvalue weighted by molar-refractivity contribution is 5.38. The van der Waals surface area contributed by atoms with Gasteiger partial charge in [-0.15, -0.1) is 0 Å². The van der Waals surface area contributed by atoms with E-state index >= 15 is 0 Å². The van der Waals surface area contributed by atoms with Crippen LogP contribution in [0.2, 0.25) is 0 Å². The van der Waals surface area contributed by atoms with Gasteiger partial charge in [0.15, 0.2) is 0 Å². The molecule has 0 bridgehead atoms. The van der Waals surface area contributed by atoms with Crippen LogP contribution in [-0.2, 0) is 13.0 Å². The Morgan fingerprint density at radius 3 is 1.93 bits per heavy atom. The molecule has 0 fully saturated rings. The van der Waals surface area contributed by atoms with Crippen molar-refractivity contribution in [2.75, 3.05) is 13.1 Å². The summed E-state index contributed by atoms with van der Waals surface area (Å²) in [5.41, 5.74) is 6.07. The Kier molecular flexibility index (Phi) is 15.7. The summed E-state index contributed by atoms with van der Waals surface area (Å²) in [6, 6.07) is 4.84. The molecule has 1 heterocycles. The van der Waals surface area contributed by atoms with Crippen molar-refractivity contribution >= 4 is 0 Å². The molecule has 0 saturated carbocycles. The smallest absolute Gasteiger partial charge is 0.0236 e. The average molecular weight is 376 g/mol. The number of aryl methyl sites for hydroxylation is 2. The summed E-state index contributed by atoms with van der Waals surface area (Å²) in [6.07, 6.45) is 10.6. The van der Waals surface area contributed by atoms with Gasteiger partial charge in [-0.2, -0.15) is 0 Å². The molecule has 0 radical (unpaired) electrons. The molecule has 158 valence electrons. The first kappa shape index (κ1) is 26.2. The van der Waals surface area contributed by atoms with E-state index in [2.05, 4.69) is 72.4 Å². The Hall–Kier alpha value is -0.820. The average Bonchev–Trinajstić information content (AvgIpc) is 2.63. The summed E-state index contributed by atoms with van der Waals surface area (Å²) in [5.74, 6) is 0.893. The van der Waals surface area contributed by atoms with Crippen LogP contribution >= 0.6 is 0 Å². The largest absolute Gasteiger partial charge is 0.298 e. The Labute approximate surface area is 171 Å². The monoisotopic (exact) mass is 375 g/mol. The second-order valence-corrected chi connectivity index (χ2v) is 8.37. The second-order valence-electron chi connectivity index (χ2n) is 8.37. The van der Waals surface area contributed by atoms with Gasteiger partial charge in [-0.3, -0.25) is 4.90 Å². The summed E-state index contributed by atoms with van der Waals surface area (Å²) in [4.78, 5) is 2.69. The summed E-state index contributed by atoms with van der Waals surface area (Å²) < 4.78 is 0. The van der Waals surface area contributed by atoms with Crippen LogP contribution in [0.25, 0.3) is 0 Å². The lowest BCUT2D eigenvalue weighted by Crippen LogP contribution is -2.34. The first-order chi connectivity index (χ1) is 13.0. The maximum absolute atomic E-state index is 2.69. The number of hydrogen-bond acceptors (Lipinski definition) is 1. The number of fused-ring (bicyclic) bond motifs is 1. The summed E-state index contributed by atoms with van der Waals surface area (Å²) in [7, 11) is 0. The first-order valence-electron chi connectivity index (χ1n) is 11.8. The highest BCUT2D eigenvalue weighted by Gasteiger charge is 2.19. The van der Waals surface area contributed by atoms with Crippen LogP contribution in [0.1, 0.15) is 109 Å². The van der Waals surface area contributed by atoms with Gasteiger partial charge in [0, 0.05) is 19.6 Å². The van der Waals surface area contributed by atoms with Crippen molar-refractivity contribution < 1.29 is 0 Å². The van der Waals surface area contributed by atoms with Crippen LogP contribution in [-0.4, -0.2) is 18.0 Å². The highest BCUT2D eigenvalue weighted by atomic mass is 15.1. The Balaban J connectivity index is 0.000000997. The predicted molar refractivity (Wildman–Crippen MR) is 125 cm³/mol. The number of rotatable bonds is 7. The van der Waals surface area contributed by atoms with Gasteiger partial charge in [0.1, 0.15) is 0 Å². The second kappa shape index (κ2) is 16.2. The van der Waals surface area contributed by atoms with Gasteiger partial charge in [-0.1, -0.05) is 92.2 Å². The molecule has 0 spiro atoms. The van der Waals surface area contributed by atoms with Gasteiger partial charge in [0.25, 0.3) is 0 Å². The standard InChI is InChI=1S/C20H33N.2C3H8/c1-5-7-8-9-18(6-2)14-21-11-10-19-12-16(3)17(4)13-20(19)15-21;2*1-3-2/h12-13,18H,5-11,14-15H2,1-4H3;2*3H2,1-2H3. The molecule has 1 atom stereocenters. The molecule has 0 saturated heterocycles. The number of hydrogen-bond donors (Lipinski definition) is 0. The third-order valence-electron chi connectivity index (χ3n) is 5.22. The Morgan fingerprint density at radius 1 is 0.852 bits per heavy atom. The fourth-order valence-electron chi connectivity index (χ4n) is 3.54. The van der Waals surface area contributed by atoms with Crippen molar-refractivity contribution in [3.63, 3.8) is 0 Å². The maximum atomic E-state index is 2.69. The number of unbranched alkanes of at least 4 members (excludes halogenated alkanes) is 2. The highest BCUT2D eigenvalue weighted by Crippen LogP contribution is 2.24. The minimum Gasteiger partial charge on any atom is -0.298 e. The zero-order chi connectivity index (χ0) is 20.7. The van der Waals surface area contributed by atoms with Gasteiger partial charge in [-0.25, -0.2) is 0 Å². The minimum atomic E-state index is 0.893. The lowest BCUT2D eigenvalue weighted by Gasteiger charge is -2.32. The molecule has 1 aromatic carbocycles. The first-order valence-corrected chi connectivity index (χ1v) is 11.8. The normalized spacial score (nSPS) is 14.4. The molecule has 0 aliphatic carbocycles. The number of benzene rings is 1. The zero-order valence-corrected chi connectivity index (χ0v) is 20.0. The third-order valence-corrected chi connectivity index (χ3v) is 5.22. The van der Waals surface area contributed by atoms with Crippen LogP contribution in [0.5, 0.6) is 0 Å². The molecule has 1 heteroatoms. The lowest BCUT2D eigenvalue weighted by molar-refractivity contribution is 0.202. The maximum Gasteiger partial charge on any atom is 0.0236 e. The topological polar surface area (TPSA) is 3.24 Å². The Bertz CT molecular complexity index is 475. The summed E-state index contributed by atoms with van der Waals surface area (Å²) in [6.45, 7) is 21.4. The van der Waals surface area contributed by atoms with E-state index in [1.165, 1.54) is 82.1 Å². The van der Waals surface area contributed by atoms with Gasteiger partial charge >= 0.3 is 0 Å². The van der Waals surface area contributed by atoms with E-state index in [4.69, 9.17) is 0 Å². The van der Waals surface area contributed by atoms with Crippen molar-refractivity contribution in [2.45, 2.75) is 113 Å². The predicted octanol–water partition coefficient (Wildman–Crippen LogP) is 8.10. The van der Waals surface area contributed by atoms with Crippen LogP contribution in [0.3, 0.4) is 0 Å². The summed E-state index contributed by atoms with van der Waals surface area (Å²) in [5, 5.41) is 0. The SMILES string of the molecule is CCC.CCC.CCCCCC(CC)CN1CCc2cc(C)c(C)cc2C1. The molecular weight excluding hydrogens is 326 g/mol. The summed E-state index contributed by atoms with van der Waals surface area (Å²) >= 11 is 0.